The van der Waals surface area contributed by atoms with Gasteiger partial charge in [-0.05, 0) is 16.8 Å². The van der Waals surface area contributed by atoms with Gasteiger partial charge in [0.25, 0.3) is 5.78 Å². The number of nitrogens with zero attached hydrogens (tertiary/aromatic N) is 2. The fourth-order valence-electron chi connectivity index (χ4n) is 1.19. The highest BCUT2D eigenvalue weighted by Gasteiger charge is 2.48. The molecule has 1 aromatic heterocycles. The first kappa shape index (κ1) is 16.9. The largest absolute Gasteiger partial charge is 0.465 e. The van der Waals surface area contributed by atoms with Crippen LogP contribution in [0.25, 0.3) is 0 Å². The Balaban J connectivity index is 3.08. The van der Waals surface area contributed by atoms with Crippen LogP contribution in [0.4, 0.5) is 19.0 Å². The van der Waals surface area contributed by atoms with Gasteiger partial charge in [0.05, 0.1) is 6.61 Å². The lowest BCUT2D eigenvalue weighted by atomic mass is 10.3. The number of nitro groups is 1. The number of aromatic amines is 1. The standard InChI is InChI=1S/C9H8F3N3O5S/c1-2-20-8(17)4(5(16)9(10,11)12)21-7-6(15(18)19)13-3-14-7/h3-4H,2H2,1H3,(H,13,14). The summed E-state index contributed by atoms with van der Waals surface area (Å²) in [6.07, 6.45) is -4.42. The molecule has 0 saturated heterocycles. The van der Waals surface area contributed by atoms with Gasteiger partial charge in [0, 0.05) is 0 Å². The summed E-state index contributed by atoms with van der Waals surface area (Å²) >= 11 is 0.0296. The van der Waals surface area contributed by atoms with Crippen LogP contribution in [0.1, 0.15) is 6.92 Å². The van der Waals surface area contributed by atoms with E-state index in [-0.39, 0.29) is 18.4 Å². The number of alkyl halides is 3. The molecular formula is C9H8F3N3O5S. The molecule has 0 spiro atoms. The number of hydrogen-bond acceptors (Lipinski definition) is 7. The van der Waals surface area contributed by atoms with Crippen molar-refractivity contribution in [1.29, 1.82) is 0 Å². The van der Waals surface area contributed by atoms with Crippen molar-refractivity contribution in [2.75, 3.05) is 6.61 Å². The van der Waals surface area contributed by atoms with Crippen LogP contribution in [0.15, 0.2) is 11.4 Å². The van der Waals surface area contributed by atoms with Crippen LogP contribution in [-0.4, -0.2) is 44.7 Å². The average molecular weight is 327 g/mol. The highest BCUT2D eigenvalue weighted by molar-refractivity contribution is 8.01. The highest BCUT2D eigenvalue weighted by atomic mass is 32.2. The number of imidazole rings is 1. The number of halogens is 3. The van der Waals surface area contributed by atoms with Crippen LogP contribution in [0.3, 0.4) is 0 Å². The Morgan fingerprint density at radius 2 is 2.19 bits per heavy atom. The summed E-state index contributed by atoms with van der Waals surface area (Å²) in [5, 5.41) is 7.86. The summed E-state index contributed by atoms with van der Waals surface area (Å²) in [6, 6.07) is 0. The van der Waals surface area contributed by atoms with Crippen molar-refractivity contribution in [3.05, 3.63) is 16.4 Å². The molecule has 1 heterocycles. The predicted octanol–water partition coefficient (Wildman–Crippen LogP) is 1.47. The van der Waals surface area contributed by atoms with Gasteiger partial charge in [-0.2, -0.15) is 13.2 Å². The Kier molecular flexibility index (Phi) is 5.29. The van der Waals surface area contributed by atoms with E-state index in [0.717, 1.165) is 6.33 Å². The van der Waals surface area contributed by atoms with Gasteiger partial charge in [-0.15, -0.1) is 0 Å². The second-order valence-electron chi connectivity index (χ2n) is 3.42. The second kappa shape index (κ2) is 6.56. The molecule has 1 rings (SSSR count). The molecule has 0 fully saturated rings. The predicted molar refractivity (Wildman–Crippen MR) is 62.6 cm³/mol. The molecule has 0 saturated carbocycles. The number of nitrogens with one attached hydrogen (secondary N) is 1. The number of esters is 1. The normalized spacial score (nSPS) is 12.8. The molecule has 0 aliphatic carbocycles. The lowest BCUT2D eigenvalue weighted by Crippen LogP contribution is -2.38. The molecule has 1 aromatic rings. The molecule has 0 bridgehead atoms. The van der Waals surface area contributed by atoms with E-state index in [9.17, 15) is 32.9 Å². The minimum atomic E-state index is -5.28. The van der Waals surface area contributed by atoms with Crippen molar-refractivity contribution >= 4 is 29.3 Å². The number of ketones is 1. The number of carbonyl (C=O) groups is 2. The first-order valence-corrected chi connectivity index (χ1v) is 6.18. The Labute approximate surface area is 119 Å². The van der Waals surface area contributed by atoms with Crippen molar-refractivity contribution in [3.8, 4) is 0 Å². The molecule has 0 radical (unpaired) electrons. The van der Waals surface area contributed by atoms with Crippen LogP contribution in [0, 0.1) is 10.1 Å². The Bertz CT molecular complexity index is 559. The first-order valence-electron chi connectivity index (χ1n) is 5.30. The average Bonchev–Trinajstić information content (AvgIpc) is 2.82. The SMILES string of the molecule is CCOC(=O)C(Sc1[nH]cnc1[N+](=O)[O-])C(=O)C(F)(F)F. The van der Waals surface area contributed by atoms with E-state index in [2.05, 4.69) is 14.7 Å². The van der Waals surface area contributed by atoms with Crippen molar-refractivity contribution in [2.24, 2.45) is 0 Å². The van der Waals surface area contributed by atoms with E-state index in [1.165, 1.54) is 6.92 Å². The third-order valence-corrected chi connectivity index (χ3v) is 3.19. The van der Waals surface area contributed by atoms with Crippen molar-refractivity contribution < 1.29 is 32.4 Å². The number of Topliss-reactive ketones (excluding diaryl/α,β-unsaturated/α-hetero) is 1. The topological polar surface area (TPSA) is 115 Å². The summed E-state index contributed by atoms with van der Waals surface area (Å²) in [4.78, 5) is 37.8. The van der Waals surface area contributed by atoms with E-state index < -0.39 is 38.9 Å². The maximum atomic E-state index is 12.5. The molecule has 12 heteroatoms. The van der Waals surface area contributed by atoms with Crippen LogP contribution in [0.2, 0.25) is 0 Å². The van der Waals surface area contributed by atoms with Crippen LogP contribution in [0.5, 0.6) is 0 Å². The minimum absolute atomic E-state index is 0.0296. The zero-order chi connectivity index (χ0) is 16.2. The van der Waals surface area contributed by atoms with Gasteiger partial charge in [-0.1, -0.05) is 11.8 Å². The van der Waals surface area contributed by atoms with Gasteiger partial charge in [-0.3, -0.25) is 9.59 Å². The monoisotopic (exact) mass is 327 g/mol. The number of carbonyl (C=O) groups excluding carboxylic acids is 2. The third-order valence-electron chi connectivity index (χ3n) is 2.01. The molecular weight excluding hydrogens is 319 g/mol. The van der Waals surface area contributed by atoms with Crippen LogP contribution in [-0.2, 0) is 14.3 Å². The van der Waals surface area contributed by atoms with Crippen molar-refractivity contribution in [2.45, 2.75) is 23.4 Å². The van der Waals surface area contributed by atoms with Crippen molar-refractivity contribution in [1.82, 2.24) is 9.97 Å². The van der Waals surface area contributed by atoms with Gasteiger partial charge in [-0.25, -0.2) is 0 Å². The fraction of sp³-hybridized carbons (Fsp3) is 0.444. The molecule has 1 atom stereocenters. The molecule has 0 aliphatic rings. The number of hydrogen-bond donors (Lipinski definition) is 1. The number of rotatable bonds is 6. The van der Waals surface area contributed by atoms with E-state index in [1.807, 2.05) is 0 Å². The number of aromatic nitrogens is 2. The molecule has 8 nitrogen and oxygen atoms in total. The van der Waals surface area contributed by atoms with E-state index in [1.54, 1.807) is 0 Å². The maximum Gasteiger partial charge on any atom is 0.451 e. The molecule has 0 aliphatic heterocycles. The lowest BCUT2D eigenvalue weighted by Gasteiger charge is -2.14. The van der Waals surface area contributed by atoms with Crippen molar-refractivity contribution in [3.63, 3.8) is 0 Å². The maximum absolute atomic E-state index is 12.5. The van der Waals surface area contributed by atoms with E-state index in [0.29, 0.717) is 0 Å². The zero-order valence-corrected chi connectivity index (χ0v) is 11.2. The van der Waals surface area contributed by atoms with Gasteiger partial charge in [0.15, 0.2) is 10.3 Å². The van der Waals surface area contributed by atoms with E-state index >= 15 is 0 Å². The molecule has 0 aromatic carbocycles. The van der Waals surface area contributed by atoms with Gasteiger partial charge >= 0.3 is 18.0 Å². The quantitative estimate of drug-likeness (QED) is 0.276. The third kappa shape index (κ3) is 4.18. The molecule has 21 heavy (non-hydrogen) atoms. The smallest absolute Gasteiger partial charge is 0.451 e. The summed E-state index contributed by atoms with van der Waals surface area (Å²) in [6.45, 7) is 1.10. The van der Waals surface area contributed by atoms with Gasteiger partial charge in [0.2, 0.25) is 6.33 Å². The molecule has 1 N–H and O–H groups in total. The lowest BCUT2D eigenvalue weighted by molar-refractivity contribution is -0.392. The molecule has 1 unspecified atom stereocenters. The first-order chi connectivity index (χ1) is 9.68. The number of H-pyrrole nitrogens is 1. The minimum Gasteiger partial charge on any atom is -0.465 e. The Hall–Kier alpha value is -2.11. The summed E-state index contributed by atoms with van der Waals surface area (Å²) in [5.41, 5.74) is 0. The van der Waals surface area contributed by atoms with Crippen LogP contribution >= 0.6 is 11.8 Å². The Morgan fingerprint density at radius 3 is 2.67 bits per heavy atom. The number of thioether (sulfide) groups is 1. The number of ether oxygens (including phenoxy) is 1. The summed E-state index contributed by atoms with van der Waals surface area (Å²) in [7, 11) is 0. The molecule has 116 valence electrons. The van der Waals surface area contributed by atoms with E-state index in [4.69, 9.17) is 0 Å². The van der Waals surface area contributed by atoms with Crippen LogP contribution < -0.4 is 0 Å². The summed E-state index contributed by atoms with van der Waals surface area (Å²) in [5.74, 6) is -4.59. The second-order valence-corrected chi connectivity index (χ2v) is 4.54. The molecule has 0 amide bonds. The van der Waals surface area contributed by atoms with Gasteiger partial charge in [0.1, 0.15) is 0 Å². The fourth-order valence-corrected chi connectivity index (χ4v) is 2.18. The summed E-state index contributed by atoms with van der Waals surface area (Å²) < 4.78 is 41.8. The highest BCUT2D eigenvalue weighted by Crippen LogP contribution is 2.33. The Morgan fingerprint density at radius 1 is 1.57 bits per heavy atom. The zero-order valence-electron chi connectivity index (χ0n) is 10.3. The van der Waals surface area contributed by atoms with Gasteiger partial charge < -0.3 is 19.8 Å².